The van der Waals surface area contributed by atoms with Gasteiger partial charge in [0.2, 0.25) is 0 Å². The van der Waals surface area contributed by atoms with Crippen LogP contribution in [-0.2, 0) is 12.8 Å². The molecule has 1 unspecified atom stereocenters. The van der Waals surface area contributed by atoms with E-state index in [2.05, 4.69) is 49.3 Å². The lowest BCUT2D eigenvalue weighted by molar-refractivity contribution is 0.741. The first-order valence-corrected chi connectivity index (χ1v) is 6.54. The normalized spacial score (nSPS) is 12.7. The summed E-state index contributed by atoms with van der Waals surface area (Å²) in [5, 5.41) is 1.30. The molecule has 0 saturated carbocycles. The number of hydrogen-bond donors (Lipinski definition) is 2. The van der Waals surface area contributed by atoms with E-state index in [-0.39, 0.29) is 6.04 Å². The predicted molar refractivity (Wildman–Crippen MR) is 78.8 cm³/mol. The molecule has 0 aliphatic rings. The van der Waals surface area contributed by atoms with Crippen molar-refractivity contribution in [1.82, 2.24) is 4.98 Å². The Bertz CT molecular complexity index is 557. The van der Waals surface area contributed by atoms with Crippen LogP contribution in [0.1, 0.15) is 31.9 Å². The van der Waals surface area contributed by atoms with Gasteiger partial charge in [0, 0.05) is 23.1 Å². The van der Waals surface area contributed by atoms with Crippen LogP contribution in [0.4, 0.5) is 0 Å². The highest BCUT2D eigenvalue weighted by molar-refractivity contribution is 5.83. The number of H-pyrrole nitrogens is 1. The number of fused-ring (bicyclic) bond motifs is 1. The Morgan fingerprint density at radius 2 is 2.17 bits per heavy atom. The van der Waals surface area contributed by atoms with Crippen molar-refractivity contribution in [2.75, 3.05) is 0 Å². The average molecular weight is 242 g/mol. The second-order valence-electron chi connectivity index (χ2n) is 5.36. The molecule has 2 aromatic rings. The molecule has 96 valence electrons. The third-order valence-electron chi connectivity index (χ3n) is 3.12. The molecule has 0 aliphatic carbocycles. The molecular weight excluding hydrogens is 220 g/mol. The van der Waals surface area contributed by atoms with Crippen molar-refractivity contribution in [3.05, 3.63) is 47.2 Å². The molecule has 18 heavy (non-hydrogen) atoms. The molecule has 0 bridgehead atoms. The van der Waals surface area contributed by atoms with Gasteiger partial charge in [0.05, 0.1) is 0 Å². The summed E-state index contributed by atoms with van der Waals surface area (Å²) in [6.07, 6.45) is 6.26. The number of hydrogen-bond acceptors (Lipinski definition) is 1. The van der Waals surface area contributed by atoms with E-state index in [9.17, 15) is 0 Å². The largest absolute Gasteiger partial charge is 0.361 e. The number of aromatic amines is 1. The summed E-state index contributed by atoms with van der Waals surface area (Å²) < 4.78 is 0. The van der Waals surface area contributed by atoms with Crippen LogP contribution in [0.3, 0.4) is 0 Å². The van der Waals surface area contributed by atoms with Crippen LogP contribution in [-0.4, -0.2) is 11.0 Å². The van der Waals surface area contributed by atoms with E-state index in [4.69, 9.17) is 5.73 Å². The van der Waals surface area contributed by atoms with Gasteiger partial charge in [-0.25, -0.2) is 0 Å². The number of rotatable bonds is 4. The van der Waals surface area contributed by atoms with E-state index in [0.717, 1.165) is 12.8 Å². The second kappa shape index (κ2) is 5.40. The van der Waals surface area contributed by atoms with Crippen LogP contribution in [0, 0.1) is 0 Å². The summed E-state index contributed by atoms with van der Waals surface area (Å²) >= 11 is 0. The standard InChI is InChI=1S/C16H22N2/c1-11(2)4-5-13-6-7-15-14(8-12(3)17)10-18-16(15)9-13/h4,6-7,9-10,12,18H,5,8,17H2,1-3H3. The first-order valence-electron chi connectivity index (χ1n) is 6.54. The zero-order valence-corrected chi connectivity index (χ0v) is 11.5. The highest BCUT2D eigenvalue weighted by atomic mass is 14.7. The number of aromatic nitrogens is 1. The number of nitrogens with two attached hydrogens (primary N) is 1. The van der Waals surface area contributed by atoms with Gasteiger partial charge >= 0.3 is 0 Å². The molecule has 2 rings (SSSR count). The molecular formula is C16H22N2. The summed E-state index contributed by atoms with van der Waals surface area (Å²) in [5.74, 6) is 0. The van der Waals surface area contributed by atoms with Gasteiger partial charge in [-0.3, -0.25) is 0 Å². The van der Waals surface area contributed by atoms with E-state index in [1.54, 1.807) is 0 Å². The molecule has 2 nitrogen and oxygen atoms in total. The predicted octanol–water partition coefficient (Wildman–Crippen LogP) is 3.57. The Balaban J connectivity index is 2.28. The Hall–Kier alpha value is -1.54. The van der Waals surface area contributed by atoms with Crippen molar-refractivity contribution in [2.45, 2.75) is 39.7 Å². The molecule has 1 aromatic heterocycles. The van der Waals surface area contributed by atoms with E-state index < -0.39 is 0 Å². The smallest absolute Gasteiger partial charge is 0.0459 e. The van der Waals surface area contributed by atoms with Crippen molar-refractivity contribution in [1.29, 1.82) is 0 Å². The number of benzene rings is 1. The fraction of sp³-hybridized carbons (Fsp3) is 0.375. The van der Waals surface area contributed by atoms with E-state index in [0.29, 0.717) is 0 Å². The van der Waals surface area contributed by atoms with Gasteiger partial charge in [0.1, 0.15) is 0 Å². The topological polar surface area (TPSA) is 41.8 Å². The summed E-state index contributed by atoms with van der Waals surface area (Å²) in [6.45, 7) is 6.31. The number of nitrogens with one attached hydrogen (secondary N) is 1. The van der Waals surface area contributed by atoms with Crippen LogP contribution >= 0.6 is 0 Å². The fourth-order valence-corrected chi connectivity index (χ4v) is 2.20. The highest BCUT2D eigenvalue weighted by Gasteiger charge is 2.06. The molecule has 0 aliphatic heterocycles. The van der Waals surface area contributed by atoms with Crippen LogP contribution in [0.15, 0.2) is 36.0 Å². The van der Waals surface area contributed by atoms with Gasteiger partial charge < -0.3 is 10.7 Å². The lowest BCUT2D eigenvalue weighted by Crippen LogP contribution is -2.17. The van der Waals surface area contributed by atoms with E-state index in [1.165, 1.54) is 27.6 Å². The Morgan fingerprint density at radius 1 is 1.39 bits per heavy atom. The van der Waals surface area contributed by atoms with Gasteiger partial charge in [-0.1, -0.05) is 23.8 Å². The third kappa shape index (κ3) is 3.02. The molecule has 0 radical (unpaired) electrons. The van der Waals surface area contributed by atoms with Gasteiger partial charge in [-0.05, 0) is 50.8 Å². The van der Waals surface area contributed by atoms with Gasteiger partial charge in [0.25, 0.3) is 0 Å². The summed E-state index contributed by atoms with van der Waals surface area (Å²) in [4.78, 5) is 3.35. The molecule has 0 saturated heterocycles. The van der Waals surface area contributed by atoms with Crippen LogP contribution < -0.4 is 5.73 Å². The second-order valence-corrected chi connectivity index (χ2v) is 5.36. The lowest BCUT2D eigenvalue weighted by atomic mass is 10.0. The summed E-state index contributed by atoms with van der Waals surface area (Å²) in [6, 6.07) is 6.85. The van der Waals surface area contributed by atoms with Gasteiger partial charge in [0.15, 0.2) is 0 Å². The van der Waals surface area contributed by atoms with E-state index in [1.807, 2.05) is 6.92 Å². The SMILES string of the molecule is CC(C)=CCc1ccc2c(CC(C)N)c[nH]c2c1. The maximum Gasteiger partial charge on any atom is 0.0459 e. The molecule has 1 heterocycles. The average Bonchev–Trinajstić information content (AvgIpc) is 2.68. The first kappa shape index (κ1) is 12.9. The Kier molecular flexibility index (Phi) is 3.87. The van der Waals surface area contributed by atoms with Crippen LogP contribution in [0.2, 0.25) is 0 Å². The zero-order valence-electron chi connectivity index (χ0n) is 11.5. The quantitative estimate of drug-likeness (QED) is 0.791. The maximum absolute atomic E-state index is 5.86. The third-order valence-corrected chi connectivity index (χ3v) is 3.12. The Labute approximate surface area is 109 Å². The van der Waals surface area contributed by atoms with Gasteiger partial charge in [-0.2, -0.15) is 0 Å². The molecule has 0 fully saturated rings. The minimum atomic E-state index is 0.203. The maximum atomic E-state index is 5.86. The lowest BCUT2D eigenvalue weighted by Gasteiger charge is -2.03. The number of allylic oxidation sites excluding steroid dienone is 2. The summed E-state index contributed by atoms with van der Waals surface area (Å²) in [5.41, 5.74) is 11.1. The molecule has 0 spiro atoms. The molecule has 1 aromatic carbocycles. The molecule has 0 amide bonds. The van der Waals surface area contributed by atoms with Crippen molar-refractivity contribution in [2.24, 2.45) is 5.73 Å². The Morgan fingerprint density at radius 3 is 2.83 bits per heavy atom. The fourth-order valence-electron chi connectivity index (χ4n) is 2.20. The minimum Gasteiger partial charge on any atom is -0.361 e. The van der Waals surface area contributed by atoms with Crippen molar-refractivity contribution >= 4 is 10.9 Å². The van der Waals surface area contributed by atoms with Crippen LogP contribution in [0.25, 0.3) is 10.9 Å². The summed E-state index contributed by atoms with van der Waals surface area (Å²) in [7, 11) is 0. The van der Waals surface area contributed by atoms with E-state index >= 15 is 0 Å². The molecule has 2 heteroatoms. The van der Waals surface area contributed by atoms with Crippen molar-refractivity contribution < 1.29 is 0 Å². The minimum absolute atomic E-state index is 0.203. The molecule has 1 atom stereocenters. The van der Waals surface area contributed by atoms with Crippen molar-refractivity contribution in [3.63, 3.8) is 0 Å². The molecule has 3 N–H and O–H groups in total. The zero-order chi connectivity index (χ0) is 13.1. The van der Waals surface area contributed by atoms with Gasteiger partial charge in [-0.15, -0.1) is 0 Å². The monoisotopic (exact) mass is 242 g/mol. The van der Waals surface area contributed by atoms with Crippen molar-refractivity contribution in [3.8, 4) is 0 Å². The first-order chi connectivity index (χ1) is 8.56. The highest BCUT2D eigenvalue weighted by Crippen LogP contribution is 2.21. The van der Waals surface area contributed by atoms with Crippen LogP contribution in [0.5, 0.6) is 0 Å².